The molecule has 1 fully saturated rings. The molecule has 2 heterocycles. The number of nitrogens with zero attached hydrogens (tertiary/aromatic N) is 2. The van der Waals surface area contributed by atoms with Crippen LogP contribution in [0.4, 0.5) is 10.6 Å². The molecule has 0 saturated carbocycles. The van der Waals surface area contributed by atoms with Crippen molar-refractivity contribution < 1.29 is 9.53 Å². The number of hydrogen-bond donors (Lipinski definition) is 1. The van der Waals surface area contributed by atoms with Gasteiger partial charge in [-0.3, -0.25) is 4.90 Å². The Balaban J connectivity index is 2.37. The average molecular weight is 333 g/mol. The highest BCUT2D eigenvalue weighted by molar-refractivity contribution is 5.88. The minimum atomic E-state index is -0.527. The lowest BCUT2D eigenvalue weighted by Crippen LogP contribution is -2.43. The Morgan fingerprint density at radius 3 is 2.79 bits per heavy atom. The maximum Gasteiger partial charge on any atom is 0.416 e. The topological polar surface area (TPSA) is 54.5 Å². The van der Waals surface area contributed by atoms with Crippen molar-refractivity contribution in [2.24, 2.45) is 0 Å². The van der Waals surface area contributed by atoms with Crippen LogP contribution in [0.5, 0.6) is 0 Å². The third kappa shape index (κ3) is 4.69. The van der Waals surface area contributed by atoms with Gasteiger partial charge in [0.25, 0.3) is 0 Å². The molecule has 134 valence electrons. The highest BCUT2D eigenvalue weighted by Crippen LogP contribution is 2.31. The fraction of sp³-hybridized carbons (Fsp3) is 0.684. The molecule has 5 heteroatoms. The second-order valence-corrected chi connectivity index (χ2v) is 7.53. The molecule has 2 atom stereocenters. The van der Waals surface area contributed by atoms with Gasteiger partial charge in [-0.25, -0.2) is 9.78 Å². The fourth-order valence-corrected chi connectivity index (χ4v) is 2.97. The van der Waals surface area contributed by atoms with Crippen molar-refractivity contribution in [2.75, 3.05) is 11.4 Å². The van der Waals surface area contributed by atoms with Crippen LogP contribution in [0, 0.1) is 0 Å². The first kappa shape index (κ1) is 18.7. The number of carbonyl (C=O) groups is 1. The Morgan fingerprint density at radius 1 is 1.46 bits per heavy atom. The van der Waals surface area contributed by atoms with E-state index in [4.69, 9.17) is 4.74 Å². The summed E-state index contributed by atoms with van der Waals surface area (Å²) in [5, 5.41) is 3.56. The summed E-state index contributed by atoms with van der Waals surface area (Å²) < 4.78 is 5.65. The summed E-state index contributed by atoms with van der Waals surface area (Å²) in [4.78, 5) is 19.1. The van der Waals surface area contributed by atoms with Gasteiger partial charge in [0, 0.05) is 23.8 Å². The lowest BCUT2D eigenvalue weighted by atomic mass is 9.97. The number of piperidine rings is 1. The monoisotopic (exact) mass is 333 g/mol. The van der Waals surface area contributed by atoms with Crippen LogP contribution in [0.15, 0.2) is 18.3 Å². The van der Waals surface area contributed by atoms with E-state index in [0.29, 0.717) is 0 Å². The number of hydrogen-bond acceptors (Lipinski definition) is 4. The summed E-state index contributed by atoms with van der Waals surface area (Å²) in [6, 6.07) is 4.29. The van der Waals surface area contributed by atoms with E-state index >= 15 is 0 Å². The second kappa shape index (κ2) is 7.97. The van der Waals surface area contributed by atoms with Crippen LogP contribution in [0.3, 0.4) is 0 Å². The zero-order chi connectivity index (χ0) is 17.7. The first-order valence-electron chi connectivity index (χ1n) is 9.04. The lowest BCUT2D eigenvalue weighted by molar-refractivity contribution is 0.0565. The van der Waals surface area contributed by atoms with Gasteiger partial charge in [-0.05, 0) is 59.6 Å². The summed E-state index contributed by atoms with van der Waals surface area (Å²) >= 11 is 0. The number of carbonyl (C=O) groups excluding carboxylic acids is 1. The quantitative estimate of drug-likeness (QED) is 0.885. The van der Waals surface area contributed by atoms with Gasteiger partial charge in [-0.15, -0.1) is 0 Å². The number of aromatic nitrogens is 1. The van der Waals surface area contributed by atoms with Crippen molar-refractivity contribution >= 4 is 11.9 Å². The molecule has 1 N–H and O–H groups in total. The Morgan fingerprint density at radius 2 is 2.21 bits per heavy atom. The normalized spacial score (nSPS) is 19.6. The summed E-state index contributed by atoms with van der Waals surface area (Å²) in [5.74, 6) is 0.723. The van der Waals surface area contributed by atoms with E-state index in [9.17, 15) is 4.79 Å². The van der Waals surface area contributed by atoms with Gasteiger partial charge < -0.3 is 10.1 Å². The number of rotatable bonds is 4. The smallest absolute Gasteiger partial charge is 0.416 e. The zero-order valence-electron chi connectivity index (χ0n) is 15.6. The van der Waals surface area contributed by atoms with Crippen LogP contribution < -0.4 is 10.2 Å². The molecule has 0 bridgehead atoms. The molecule has 1 aromatic rings. The number of anilines is 1. The van der Waals surface area contributed by atoms with E-state index in [1.807, 2.05) is 33.8 Å². The zero-order valence-corrected chi connectivity index (χ0v) is 15.6. The number of ether oxygens (including phenoxy) is 1. The Kier molecular flexibility index (Phi) is 6.21. The SMILES string of the molecule is CC[C@H](C)N(C(=O)OC(C)(C)C)c1ncccc1[C@H]1CCCCN1. The van der Waals surface area contributed by atoms with Gasteiger partial charge >= 0.3 is 6.09 Å². The van der Waals surface area contributed by atoms with E-state index in [-0.39, 0.29) is 18.2 Å². The van der Waals surface area contributed by atoms with Gasteiger partial charge in [-0.2, -0.15) is 0 Å². The van der Waals surface area contributed by atoms with Crippen LogP contribution >= 0.6 is 0 Å². The maximum atomic E-state index is 12.8. The average Bonchev–Trinajstić information content (AvgIpc) is 2.54. The third-order valence-electron chi connectivity index (χ3n) is 4.35. The van der Waals surface area contributed by atoms with Crippen LogP contribution in [-0.2, 0) is 4.74 Å². The maximum absolute atomic E-state index is 12.8. The molecular weight excluding hydrogens is 302 g/mol. The van der Waals surface area contributed by atoms with E-state index in [2.05, 4.69) is 23.3 Å². The van der Waals surface area contributed by atoms with Gasteiger partial charge in [0.05, 0.1) is 0 Å². The van der Waals surface area contributed by atoms with Crippen molar-refractivity contribution in [1.82, 2.24) is 10.3 Å². The van der Waals surface area contributed by atoms with Crippen molar-refractivity contribution in [3.8, 4) is 0 Å². The Bertz CT molecular complexity index is 548. The summed E-state index contributed by atoms with van der Waals surface area (Å²) in [6.07, 6.45) is 5.73. The molecule has 1 aliphatic heterocycles. The van der Waals surface area contributed by atoms with Gasteiger partial charge in [0.15, 0.2) is 0 Å². The molecule has 1 saturated heterocycles. The molecule has 2 rings (SSSR count). The van der Waals surface area contributed by atoms with E-state index in [1.165, 1.54) is 12.8 Å². The molecule has 0 aliphatic carbocycles. The van der Waals surface area contributed by atoms with E-state index in [1.54, 1.807) is 11.1 Å². The molecule has 1 aromatic heterocycles. The summed E-state index contributed by atoms with van der Waals surface area (Å²) in [7, 11) is 0. The highest BCUT2D eigenvalue weighted by Gasteiger charge is 2.31. The Hall–Kier alpha value is -1.62. The first-order chi connectivity index (χ1) is 11.3. The van der Waals surface area contributed by atoms with Crippen LogP contribution in [0.1, 0.15) is 71.9 Å². The minimum absolute atomic E-state index is 0.0251. The minimum Gasteiger partial charge on any atom is -0.443 e. The van der Waals surface area contributed by atoms with Gasteiger partial charge in [0.1, 0.15) is 11.4 Å². The van der Waals surface area contributed by atoms with E-state index < -0.39 is 5.60 Å². The Labute approximate surface area is 145 Å². The van der Waals surface area contributed by atoms with Crippen molar-refractivity contribution in [3.63, 3.8) is 0 Å². The molecule has 0 aromatic carbocycles. The predicted molar refractivity (Wildman–Crippen MR) is 97.3 cm³/mol. The number of pyridine rings is 1. The van der Waals surface area contributed by atoms with Crippen molar-refractivity contribution in [3.05, 3.63) is 23.9 Å². The van der Waals surface area contributed by atoms with E-state index in [0.717, 1.165) is 30.8 Å². The van der Waals surface area contributed by atoms with Gasteiger partial charge in [0.2, 0.25) is 0 Å². The summed E-state index contributed by atoms with van der Waals surface area (Å²) in [6.45, 7) is 10.8. The van der Waals surface area contributed by atoms with Crippen molar-refractivity contribution in [2.45, 2.75) is 78.0 Å². The second-order valence-electron chi connectivity index (χ2n) is 7.53. The molecular formula is C19H31N3O2. The largest absolute Gasteiger partial charge is 0.443 e. The molecule has 0 radical (unpaired) electrons. The summed E-state index contributed by atoms with van der Waals surface area (Å²) in [5.41, 5.74) is 0.559. The molecule has 0 unspecified atom stereocenters. The molecule has 0 spiro atoms. The third-order valence-corrected chi connectivity index (χ3v) is 4.35. The number of amides is 1. The van der Waals surface area contributed by atoms with Crippen LogP contribution in [-0.4, -0.2) is 29.3 Å². The molecule has 1 aliphatic rings. The predicted octanol–water partition coefficient (Wildman–Crippen LogP) is 4.44. The molecule has 24 heavy (non-hydrogen) atoms. The molecule has 1 amide bonds. The number of nitrogens with one attached hydrogen (secondary N) is 1. The van der Waals surface area contributed by atoms with Crippen molar-refractivity contribution in [1.29, 1.82) is 0 Å². The highest BCUT2D eigenvalue weighted by atomic mass is 16.6. The first-order valence-corrected chi connectivity index (χ1v) is 9.04. The van der Waals surface area contributed by atoms with Crippen LogP contribution in [0.25, 0.3) is 0 Å². The standard InChI is InChI=1S/C19H31N3O2/c1-6-14(2)22(18(23)24-19(3,4)5)17-15(10-9-13-21-17)16-11-7-8-12-20-16/h9-10,13-14,16,20H,6-8,11-12H2,1-5H3/t14-,16+/m0/s1. The lowest BCUT2D eigenvalue weighted by Gasteiger charge is -2.33. The molecule has 5 nitrogen and oxygen atoms in total. The van der Waals surface area contributed by atoms with Gasteiger partial charge in [-0.1, -0.05) is 19.4 Å². The van der Waals surface area contributed by atoms with Crippen LogP contribution in [0.2, 0.25) is 0 Å². The fourth-order valence-electron chi connectivity index (χ4n) is 2.97.